The lowest BCUT2D eigenvalue weighted by Crippen LogP contribution is -2.23. The summed E-state index contributed by atoms with van der Waals surface area (Å²) < 4.78 is 5.72. The molecule has 0 atom stereocenters. The van der Waals surface area contributed by atoms with Crippen LogP contribution in [0.5, 0.6) is 5.75 Å². The van der Waals surface area contributed by atoms with E-state index in [1.165, 1.54) is 25.7 Å². The Morgan fingerprint density at radius 2 is 2.00 bits per heavy atom. The van der Waals surface area contributed by atoms with Crippen molar-refractivity contribution in [2.45, 2.75) is 52.6 Å². The second kappa shape index (κ2) is 5.72. The minimum absolute atomic E-state index is 0.143. The van der Waals surface area contributed by atoms with Crippen molar-refractivity contribution in [3.8, 4) is 5.75 Å². The maximum Gasteiger partial charge on any atom is 0.144 e. The molecule has 1 fully saturated rings. The lowest BCUT2D eigenvalue weighted by Gasteiger charge is -2.25. The molecule has 3 heteroatoms. The molecule has 0 heterocycles. The highest BCUT2D eigenvalue weighted by Gasteiger charge is 2.28. The molecule has 0 saturated heterocycles. The van der Waals surface area contributed by atoms with Gasteiger partial charge in [0.05, 0.1) is 17.5 Å². The lowest BCUT2D eigenvalue weighted by molar-refractivity contribution is 0.244. The Bertz CT molecular complexity index is 423. The van der Waals surface area contributed by atoms with Crippen LogP contribution < -0.4 is 15.8 Å². The van der Waals surface area contributed by atoms with Crippen molar-refractivity contribution >= 4 is 11.4 Å². The number of nitrogens with two attached hydrogens (primary N) is 1. The van der Waals surface area contributed by atoms with Crippen molar-refractivity contribution in [3.63, 3.8) is 0 Å². The Kier molecular flexibility index (Phi) is 4.23. The molecule has 1 saturated carbocycles. The van der Waals surface area contributed by atoms with Gasteiger partial charge in [-0.25, -0.2) is 0 Å². The predicted octanol–water partition coefficient (Wildman–Crippen LogP) is 4.05. The van der Waals surface area contributed by atoms with Gasteiger partial charge in [0, 0.05) is 6.54 Å². The zero-order valence-corrected chi connectivity index (χ0v) is 12.3. The normalized spacial score (nSPS) is 17.7. The van der Waals surface area contributed by atoms with Crippen LogP contribution in [-0.4, -0.2) is 12.6 Å². The number of benzene rings is 1. The van der Waals surface area contributed by atoms with Crippen molar-refractivity contribution in [2.75, 3.05) is 17.6 Å². The summed E-state index contributed by atoms with van der Waals surface area (Å²) in [7, 11) is 0. The first-order valence-electron chi connectivity index (χ1n) is 7.29. The molecule has 3 N–H and O–H groups in total. The number of ether oxygens (including phenoxy) is 1. The Morgan fingerprint density at radius 3 is 2.63 bits per heavy atom. The minimum atomic E-state index is 0.143. The smallest absolute Gasteiger partial charge is 0.144 e. The summed E-state index contributed by atoms with van der Waals surface area (Å²) >= 11 is 0. The molecule has 3 nitrogen and oxygen atoms in total. The third kappa shape index (κ3) is 3.55. The molecule has 106 valence electrons. The van der Waals surface area contributed by atoms with Crippen molar-refractivity contribution in [1.29, 1.82) is 0 Å². The largest absolute Gasteiger partial charge is 0.489 e. The summed E-state index contributed by atoms with van der Waals surface area (Å²) in [6.07, 6.45) is 5.46. The summed E-state index contributed by atoms with van der Waals surface area (Å²) in [6, 6.07) is 5.95. The van der Waals surface area contributed by atoms with Gasteiger partial charge in [-0.05, 0) is 44.2 Å². The van der Waals surface area contributed by atoms with Crippen molar-refractivity contribution in [3.05, 3.63) is 18.2 Å². The Morgan fingerprint density at radius 1 is 1.32 bits per heavy atom. The molecule has 1 aliphatic carbocycles. The van der Waals surface area contributed by atoms with Gasteiger partial charge in [0.15, 0.2) is 0 Å². The molecule has 0 unspecified atom stereocenters. The summed E-state index contributed by atoms with van der Waals surface area (Å²) in [5, 5.41) is 3.50. The van der Waals surface area contributed by atoms with Gasteiger partial charge >= 0.3 is 0 Å². The zero-order valence-electron chi connectivity index (χ0n) is 12.3. The number of hydrogen-bond acceptors (Lipinski definition) is 3. The van der Waals surface area contributed by atoms with E-state index in [1.54, 1.807) is 0 Å². The number of rotatable bonds is 5. The molecule has 0 aliphatic heterocycles. The Labute approximate surface area is 116 Å². The molecule has 0 aromatic heterocycles. The van der Waals surface area contributed by atoms with E-state index in [0.717, 1.165) is 23.7 Å². The highest BCUT2D eigenvalue weighted by atomic mass is 16.5. The number of nitrogens with one attached hydrogen (secondary N) is 1. The fourth-order valence-corrected chi connectivity index (χ4v) is 2.77. The molecule has 1 aliphatic rings. The van der Waals surface area contributed by atoms with E-state index in [4.69, 9.17) is 10.5 Å². The highest BCUT2D eigenvalue weighted by Crippen LogP contribution is 2.38. The van der Waals surface area contributed by atoms with Crippen molar-refractivity contribution in [2.24, 2.45) is 5.41 Å². The third-order valence-electron chi connectivity index (χ3n) is 3.95. The minimum Gasteiger partial charge on any atom is -0.489 e. The molecule has 1 aromatic carbocycles. The summed E-state index contributed by atoms with van der Waals surface area (Å²) in [5.41, 5.74) is 8.30. The monoisotopic (exact) mass is 262 g/mol. The van der Waals surface area contributed by atoms with E-state index in [1.807, 2.05) is 32.0 Å². The Balaban J connectivity index is 2.04. The average Bonchev–Trinajstić information content (AvgIpc) is 2.77. The standard InChI is InChI=1S/C16H26N2O/c1-12(2)19-14-8-6-7-13(15(14)17)18-11-16(3)9-4-5-10-16/h6-8,12,18H,4-5,9-11,17H2,1-3H3. The SMILES string of the molecule is CC(C)Oc1cccc(NCC2(C)CCCC2)c1N. The molecule has 0 radical (unpaired) electrons. The number of anilines is 2. The van der Waals surface area contributed by atoms with Crippen LogP contribution in [0.3, 0.4) is 0 Å². The van der Waals surface area contributed by atoms with E-state index in [0.29, 0.717) is 5.41 Å². The van der Waals surface area contributed by atoms with E-state index in [2.05, 4.69) is 12.2 Å². The van der Waals surface area contributed by atoms with Crippen molar-refractivity contribution in [1.82, 2.24) is 0 Å². The molecule has 0 spiro atoms. The van der Waals surface area contributed by atoms with E-state index in [9.17, 15) is 0 Å². The molecule has 0 amide bonds. The quantitative estimate of drug-likeness (QED) is 0.787. The first-order chi connectivity index (χ1) is 9.00. The molecule has 19 heavy (non-hydrogen) atoms. The third-order valence-corrected chi connectivity index (χ3v) is 3.95. The first kappa shape index (κ1) is 14.0. The maximum atomic E-state index is 6.17. The van der Waals surface area contributed by atoms with Gasteiger partial charge < -0.3 is 15.8 Å². The first-order valence-corrected chi connectivity index (χ1v) is 7.29. The topological polar surface area (TPSA) is 47.3 Å². The molecule has 1 aromatic rings. The number of hydrogen-bond donors (Lipinski definition) is 2. The average molecular weight is 262 g/mol. The predicted molar refractivity (Wildman–Crippen MR) is 81.7 cm³/mol. The summed E-state index contributed by atoms with van der Waals surface area (Å²) in [6.45, 7) is 7.37. The van der Waals surface area contributed by atoms with Gasteiger partial charge in [-0.3, -0.25) is 0 Å². The van der Waals surface area contributed by atoms with Gasteiger partial charge in [-0.15, -0.1) is 0 Å². The number of nitrogen functional groups attached to an aromatic ring is 1. The van der Waals surface area contributed by atoms with Gasteiger partial charge in [-0.1, -0.05) is 25.8 Å². The fraction of sp³-hybridized carbons (Fsp3) is 0.625. The van der Waals surface area contributed by atoms with E-state index in [-0.39, 0.29) is 6.10 Å². The van der Waals surface area contributed by atoms with Crippen LogP contribution in [0.2, 0.25) is 0 Å². The zero-order chi connectivity index (χ0) is 13.9. The number of para-hydroxylation sites is 1. The molecule has 2 rings (SSSR count). The maximum absolute atomic E-state index is 6.17. The van der Waals surface area contributed by atoms with Crippen LogP contribution in [0, 0.1) is 5.41 Å². The van der Waals surface area contributed by atoms with E-state index < -0.39 is 0 Å². The van der Waals surface area contributed by atoms with E-state index >= 15 is 0 Å². The van der Waals surface area contributed by atoms with Gasteiger partial charge in [-0.2, -0.15) is 0 Å². The van der Waals surface area contributed by atoms with Crippen LogP contribution in [0.1, 0.15) is 46.5 Å². The summed E-state index contributed by atoms with van der Waals surface area (Å²) in [5.74, 6) is 0.775. The molecular formula is C16H26N2O. The highest BCUT2D eigenvalue weighted by molar-refractivity contribution is 5.73. The Hall–Kier alpha value is -1.38. The molecular weight excluding hydrogens is 236 g/mol. The second-order valence-corrected chi connectivity index (χ2v) is 6.26. The van der Waals surface area contributed by atoms with Gasteiger partial charge in [0.2, 0.25) is 0 Å². The lowest BCUT2D eigenvalue weighted by atomic mass is 9.89. The molecule has 0 bridgehead atoms. The van der Waals surface area contributed by atoms with Gasteiger partial charge in [0.25, 0.3) is 0 Å². The van der Waals surface area contributed by atoms with Crippen LogP contribution in [-0.2, 0) is 0 Å². The van der Waals surface area contributed by atoms with Crippen LogP contribution in [0.4, 0.5) is 11.4 Å². The van der Waals surface area contributed by atoms with Crippen LogP contribution >= 0.6 is 0 Å². The van der Waals surface area contributed by atoms with Crippen molar-refractivity contribution < 1.29 is 4.74 Å². The van der Waals surface area contributed by atoms with Crippen LogP contribution in [0.15, 0.2) is 18.2 Å². The second-order valence-electron chi connectivity index (χ2n) is 6.26. The fourth-order valence-electron chi connectivity index (χ4n) is 2.77. The summed E-state index contributed by atoms with van der Waals surface area (Å²) in [4.78, 5) is 0. The van der Waals surface area contributed by atoms with Crippen LogP contribution in [0.25, 0.3) is 0 Å². The van der Waals surface area contributed by atoms with Gasteiger partial charge in [0.1, 0.15) is 5.75 Å².